The number of halogens is 3. The number of nitrogens with one attached hydrogen (secondary N) is 1. The highest BCUT2D eigenvalue weighted by Gasteiger charge is 2.34. The van der Waals surface area contributed by atoms with E-state index in [0.29, 0.717) is 18.8 Å². The van der Waals surface area contributed by atoms with Gasteiger partial charge in [-0.1, -0.05) is 0 Å². The molecule has 1 aromatic heterocycles. The summed E-state index contributed by atoms with van der Waals surface area (Å²) in [6.07, 6.45) is -4.13. The van der Waals surface area contributed by atoms with Crippen LogP contribution in [0.4, 0.5) is 18.9 Å². The molecule has 100 valence electrons. The Morgan fingerprint density at radius 2 is 2.22 bits per heavy atom. The van der Waals surface area contributed by atoms with Crippen molar-refractivity contribution in [3.63, 3.8) is 0 Å². The van der Waals surface area contributed by atoms with Crippen LogP contribution in [-0.4, -0.2) is 30.1 Å². The first-order valence-corrected chi connectivity index (χ1v) is 4.85. The topological polar surface area (TPSA) is 77.3 Å². The minimum atomic E-state index is -4.67. The molecule has 1 N–H and O–H groups in total. The first kappa shape index (κ1) is 14.2. The van der Waals surface area contributed by atoms with Crippen LogP contribution in [0.3, 0.4) is 0 Å². The molecule has 18 heavy (non-hydrogen) atoms. The summed E-state index contributed by atoms with van der Waals surface area (Å²) in [5, 5.41) is 13.3. The number of alkyl halides is 3. The summed E-state index contributed by atoms with van der Waals surface area (Å²) in [5.74, 6) is -0.447. The fraction of sp³-hybridized carbons (Fsp3) is 0.444. The molecule has 0 fully saturated rings. The molecule has 0 aromatic carbocycles. The zero-order valence-electron chi connectivity index (χ0n) is 9.32. The summed E-state index contributed by atoms with van der Waals surface area (Å²) < 4.78 is 42.1. The Morgan fingerprint density at radius 1 is 1.56 bits per heavy atom. The van der Waals surface area contributed by atoms with Crippen molar-refractivity contribution in [2.75, 3.05) is 20.2 Å². The SMILES string of the molecule is CNCCOc1cc(C(F)(F)F)ncc1[N+](=O)[O-]. The van der Waals surface area contributed by atoms with Crippen LogP contribution in [0.1, 0.15) is 5.69 Å². The minimum Gasteiger partial charge on any atom is -0.485 e. The van der Waals surface area contributed by atoms with Crippen molar-refractivity contribution in [3.8, 4) is 5.75 Å². The van der Waals surface area contributed by atoms with E-state index in [-0.39, 0.29) is 6.61 Å². The summed E-state index contributed by atoms with van der Waals surface area (Å²) in [7, 11) is 1.62. The lowest BCUT2D eigenvalue weighted by Crippen LogP contribution is -2.17. The second kappa shape index (κ2) is 5.63. The van der Waals surface area contributed by atoms with Gasteiger partial charge in [0.25, 0.3) is 0 Å². The Morgan fingerprint density at radius 3 is 2.72 bits per heavy atom. The van der Waals surface area contributed by atoms with Gasteiger partial charge in [0.2, 0.25) is 5.75 Å². The van der Waals surface area contributed by atoms with Crippen LogP contribution in [-0.2, 0) is 6.18 Å². The fourth-order valence-corrected chi connectivity index (χ4v) is 1.10. The highest BCUT2D eigenvalue weighted by molar-refractivity contribution is 5.45. The minimum absolute atomic E-state index is 0.0126. The number of pyridine rings is 1. The van der Waals surface area contributed by atoms with Crippen LogP contribution >= 0.6 is 0 Å². The Bertz CT molecular complexity index is 437. The average molecular weight is 265 g/mol. The summed E-state index contributed by atoms with van der Waals surface area (Å²) in [5.41, 5.74) is -1.83. The van der Waals surface area contributed by atoms with E-state index in [1.807, 2.05) is 0 Å². The third-order valence-corrected chi connectivity index (χ3v) is 1.94. The molecule has 1 heterocycles. The average Bonchev–Trinajstić information content (AvgIpc) is 2.27. The van der Waals surface area contributed by atoms with Gasteiger partial charge in [-0.05, 0) is 7.05 Å². The number of nitro groups is 1. The molecule has 0 saturated heterocycles. The van der Waals surface area contributed by atoms with Gasteiger partial charge in [0.15, 0.2) is 0 Å². The van der Waals surface area contributed by atoms with Gasteiger partial charge >= 0.3 is 11.9 Å². The predicted molar refractivity (Wildman–Crippen MR) is 55.3 cm³/mol. The fourth-order valence-electron chi connectivity index (χ4n) is 1.10. The van der Waals surface area contributed by atoms with Gasteiger partial charge in [0.05, 0.1) is 4.92 Å². The lowest BCUT2D eigenvalue weighted by Gasteiger charge is -2.09. The van der Waals surface area contributed by atoms with Crippen molar-refractivity contribution in [1.82, 2.24) is 10.3 Å². The van der Waals surface area contributed by atoms with E-state index < -0.39 is 28.2 Å². The standard InChI is InChI=1S/C9H10F3N3O3/c1-13-2-3-18-7-4-8(9(10,11)12)14-5-6(7)15(16)17/h4-5,13H,2-3H2,1H3. The quantitative estimate of drug-likeness (QED) is 0.497. The van der Waals surface area contributed by atoms with Crippen molar-refractivity contribution in [1.29, 1.82) is 0 Å². The lowest BCUT2D eigenvalue weighted by molar-refractivity contribution is -0.386. The van der Waals surface area contributed by atoms with E-state index in [1.165, 1.54) is 0 Å². The van der Waals surface area contributed by atoms with Gasteiger partial charge in [0.1, 0.15) is 18.5 Å². The van der Waals surface area contributed by atoms with Crippen LogP contribution in [0.15, 0.2) is 12.3 Å². The third-order valence-electron chi connectivity index (χ3n) is 1.94. The number of hydrogen-bond acceptors (Lipinski definition) is 5. The zero-order chi connectivity index (χ0) is 13.8. The maximum Gasteiger partial charge on any atom is 0.433 e. The Labute approximate surface area is 99.9 Å². The molecular weight excluding hydrogens is 255 g/mol. The van der Waals surface area contributed by atoms with E-state index in [9.17, 15) is 23.3 Å². The van der Waals surface area contributed by atoms with Gasteiger partial charge in [-0.2, -0.15) is 13.2 Å². The highest BCUT2D eigenvalue weighted by Crippen LogP contribution is 2.34. The molecule has 0 bridgehead atoms. The van der Waals surface area contributed by atoms with Crippen molar-refractivity contribution in [2.24, 2.45) is 0 Å². The number of rotatable bonds is 5. The molecule has 0 atom stereocenters. The molecule has 0 aliphatic carbocycles. The second-order valence-electron chi connectivity index (χ2n) is 3.24. The van der Waals surface area contributed by atoms with Crippen LogP contribution < -0.4 is 10.1 Å². The van der Waals surface area contributed by atoms with E-state index in [2.05, 4.69) is 10.3 Å². The molecule has 9 heteroatoms. The molecule has 0 unspecified atom stereocenters. The van der Waals surface area contributed by atoms with Crippen molar-refractivity contribution in [2.45, 2.75) is 6.18 Å². The molecule has 6 nitrogen and oxygen atoms in total. The first-order valence-electron chi connectivity index (χ1n) is 4.85. The summed E-state index contributed by atoms with van der Waals surface area (Å²) in [6.45, 7) is 0.361. The van der Waals surface area contributed by atoms with Crippen LogP contribution in [0.2, 0.25) is 0 Å². The van der Waals surface area contributed by atoms with Crippen LogP contribution in [0, 0.1) is 10.1 Å². The van der Waals surface area contributed by atoms with Crippen molar-refractivity contribution >= 4 is 5.69 Å². The molecule has 0 amide bonds. The molecule has 0 radical (unpaired) electrons. The summed E-state index contributed by atoms with van der Waals surface area (Å²) >= 11 is 0. The normalized spacial score (nSPS) is 11.3. The largest absolute Gasteiger partial charge is 0.485 e. The monoisotopic (exact) mass is 265 g/mol. The van der Waals surface area contributed by atoms with Gasteiger partial charge in [0, 0.05) is 12.6 Å². The van der Waals surface area contributed by atoms with E-state index in [0.717, 1.165) is 0 Å². The van der Waals surface area contributed by atoms with E-state index in [4.69, 9.17) is 4.74 Å². The van der Waals surface area contributed by atoms with E-state index >= 15 is 0 Å². The van der Waals surface area contributed by atoms with Crippen LogP contribution in [0.5, 0.6) is 5.75 Å². The Kier molecular flexibility index (Phi) is 4.43. The number of aromatic nitrogens is 1. The van der Waals surface area contributed by atoms with Crippen molar-refractivity contribution < 1.29 is 22.8 Å². The van der Waals surface area contributed by atoms with Gasteiger partial charge in [-0.15, -0.1) is 0 Å². The lowest BCUT2D eigenvalue weighted by atomic mass is 10.3. The number of hydrogen-bond donors (Lipinski definition) is 1. The molecule has 1 aromatic rings. The molecule has 1 rings (SSSR count). The van der Waals surface area contributed by atoms with Gasteiger partial charge in [-0.3, -0.25) is 10.1 Å². The Hall–Kier alpha value is -1.90. The first-order chi connectivity index (χ1) is 8.36. The molecule has 0 aliphatic rings. The maximum atomic E-state index is 12.4. The third kappa shape index (κ3) is 3.55. The zero-order valence-corrected chi connectivity index (χ0v) is 9.32. The summed E-state index contributed by atoms with van der Waals surface area (Å²) in [6, 6.07) is 0.522. The molecular formula is C9H10F3N3O3. The smallest absolute Gasteiger partial charge is 0.433 e. The van der Waals surface area contributed by atoms with E-state index in [1.54, 1.807) is 7.05 Å². The van der Waals surface area contributed by atoms with Crippen LogP contribution in [0.25, 0.3) is 0 Å². The predicted octanol–water partition coefficient (Wildman–Crippen LogP) is 1.61. The van der Waals surface area contributed by atoms with Crippen molar-refractivity contribution in [3.05, 3.63) is 28.1 Å². The van der Waals surface area contributed by atoms with Gasteiger partial charge < -0.3 is 10.1 Å². The molecule has 0 aliphatic heterocycles. The number of nitrogens with zero attached hydrogens (tertiary/aromatic N) is 2. The summed E-state index contributed by atoms with van der Waals surface area (Å²) in [4.78, 5) is 12.8. The second-order valence-corrected chi connectivity index (χ2v) is 3.24. The molecule has 0 spiro atoms. The maximum absolute atomic E-state index is 12.4. The number of likely N-dealkylation sites (N-methyl/N-ethyl adjacent to an activating group) is 1. The van der Waals surface area contributed by atoms with Gasteiger partial charge in [-0.25, -0.2) is 4.98 Å². The highest BCUT2D eigenvalue weighted by atomic mass is 19.4. The molecule has 0 saturated carbocycles. The number of ether oxygens (including phenoxy) is 1. The Balaban J connectivity index is 3.04.